The first-order valence-electron chi connectivity index (χ1n) is 11.4. The number of carbonyl (C=O) groups is 1. The minimum absolute atomic E-state index is 0.0647. The van der Waals surface area contributed by atoms with E-state index in [1.807, 2.05) is 72.3 Å². The van der Waals surface area contributed by atoms with Gasteiger partial charge in [-0.2, -0.15) is 5.10 Å². The van der Waals surface area contributed by atoms with Crippen LogP contribution in [-0.4, -0.2) is 44.0 Å². The zero-order chi connectivity index (χ0) is 23.5. The molecule has 1 fully saturated rings. The molecule has 1 saturated heterocycles. The molecule has 0 saturated carbocycles. The Kier molecular flexibility index (Phi) is 5.95. The van der Waals surface area contributed by atoms with Gasteiger partial charge in [0, 0.05) is 18.7 Å². The first kappa shape index (κ1) is 21.6. The SMILES string of the molecule is CC=C(C=O)N1CCC[C@@H](n2nc(-c3ccc(Oc4ccccc4)cc3)c3c(N)ncnc32)C1. The first-order valence-corrected chi connectivity index (χ1v) is 11.4. The summed E-state index contributed by atoms with van der Waals surface area (Å²) in [4.78, 5) is 22.3. The number of benzene rings is 2. The number of allylic oxidation sites excluding steroid dienone is 2. The molecule has 1 aliphatic heterocycles. The molecule has 172 valence electrons. The van der Waals surface area contributed by atoms with Crippen LogP contribution in [0.3, 0.4) is 0 Å². The fourth-order valence-electron chi connectivity index (χ4n) is 4.47. The normalized spacial score (nSPS) is 16.6. The van der Waals surface area contributed by atoms with Gasteiger partial charge in [-0.3, -0.25) is 4.79 Å². The van der Waals surface area contributed by atoms with Crippen molar-refractivity contribution in [2.75, 3.05) is 18.8 Å². The summed E-state index contributed by atoms with van der Waals surface area (Å²) >= 11 is 0. The number of piperidine rings is 1. The Morgan fingerprint density at radius 1 is 1.09 bits per heavy atom. The summed E-state index contributed by atoms with van der Waals surface area (Å²) in [6.45, 7) is 3.41. The van der Waals surface area contributed by atoms with Crippen molar-refractivity contribution in [2.45, 2.75) is 25.8 Å². The summed E-state index contributed by atoms with van der Waals surface area (Å²) in [5.41, 5.74) is 9.33. The molecule has 4 aromatic rings. The van der Waals surface area contributed by atoms with Gasteiger partial charge >= 0.3 is 0 Å². The summed E-state index contributed by atoms with van der Waals surface area (Å²) in [6.07, 6.45) is 6.13. The third kappa shape index (κ3) is 4.10. The molecule has 0 unspecified atom stereocenters. The topological polar surface area (TPSA) is 99.2 Å². The van der Waals surface area contributed by atoms with Gasteiger partial charge in [0.25, 0.3) is 0 Å². The Bertz CT molecular complexity index is 1330. The van der Waals surface area contributed by atoms with Crippen LogP contribution in [0.4, 0.5) is 5.82 Å². The van der Waals surface area contributed by atoms with E-state index in [0.29, 0.717) is 23.7 Å². The molecule has 0 bridgehead atoms. The maximum atomic E-state index is 11.5. The molecule has 5 rings (SSSR count). The van der Waals surface area contributed by atoms with Crippen LogP contribution in [0.2, 0.25) is 0 Å². The smallest absolute Gasteiger partial charge is 0.165 e. The van der Waals surface area contributed by atoms with Crippen molar-refractivity contribution in [3.05, 3.63) is 72.7 Å². The Morgan fingerprint density at radius 3 is 2.59 bits per heavy atom. The van der Waals surface area contributed by atoms with E-state index in [1.165, 1.54) is 6.33 Å². The van der Waals surface area contributed by atoms with Crippen LogP contribution in [0.5, 0.6) is 11.5 Å². The molecule has 8 nitrogen and oxygen atoms in total. The molecule has 8 heteroatoms. The van der Waals surface area contributed by atoms with Gasteiger partial charge in [-0.15, -0.1) is 0 Å². The van der Waals surface area contributed by atoms with E-state index >= 15 is 0 Å². The molecule has 0 aliphatic carbocycles. The van der Waals surface area contributed by atoms with Crippen molar-refractivity contribution >= 4 is 23.1 Å². The van der Waals surface area contributed by atoms with E-state index in [4.69, 9.17) is 15.6 Å². The fourth-order valence-corrected chi connectivity index (χ4v) is 4.47. The highest BCUT2D eigenvalue weighted by atomic mass is 16.5. The second-order valence-electron chi connectivity index (χ2n) is 8.26. The van der Waals surface area contributed by atoms with E-state index in [-0.39, 0.29) is 6.04 Å². The van der Waals surface area contributed by atoms with Crippen LogP contribution < -0.4 is 10.5 Å². The molecule has 2 aromatic carbocycles. The standard InChI is InChI=1S/C26H26N6O2/c1-2-19(16-33)31-14-6-7-20(15-31)32-26-23(25(27)28-17-29-26)24(30-32)18-10-12-22(13-11-18)34-21-8-4-3-5-9-21/h2-5,8-13,16-17,20H,6-7,14-15H2,1H3,(H2,27,28,29)/t20-/m1/s1. The number of hydrogen-bond acceptors (Lipinski definition) is 7. The second-order valence-corrected chi connectivity index (χ2v) is 8.26. The zero-order valence-electron chi connectivity index (χ0n) is 19.0. The van der Waals surface area contributed by atoms with Gasteiger partial charge in [0.1, 0.15) is 29.3 Å². The van der Waals surface area contributed by atoms with Crippen LogP contribution in [-0.2, 0) is 4.79 Å². The number of carbonyl (C=O) groups excluding carboxylic acids is 1. The van der Waals surface area contributed by atoms with E-state index < -0.39 is 0 Å². The van der Waals surface area contributed by atoms with Crippen LogP contribution in [0.25, 0.3) is 22.3 Å². The molecule has 34 heavy (non-hydrogen) atoms. The van der Waals surface area contributed by atoms with Crippen LogP contribution >= 0.6 is 0 Å². The highest BCUT2D eigenvalue weighted by Gasteiger charge is 2.27. The van der Waals surface area contributed by atoms with Crippen molar-refractivity contribution in [1.29, 1.82) is 0 Å². The minimum Gasteiger partial charge on any atom is -0.457 e. The number of ether oxygens (including phenoxy) is 1. The third-order valence-corrected chi connectivity index (χ3v) is 6.15. The Labute approximate surface area is 197 Å². The molecular weight excluding hydrogens is 428 g/mol. The van der Waals surface area contributed by atoms with Crippen LogP contribution in [0.1, 0.15) is 25.8 Å². The lowest BCUT2D eigenvalue weighted by atomic mass is 10.1. The van der Waals surface area contributed by atoms with E-state index in [1.54, 1.807) is 0 Å². The number of aromatic nitrogens is 4. The minimum atomic E-state index is 0.0647. The van der Waals surface area contributed by atoms with Crippen LogP contribution in [0, 0.1) is 0 Å². The van der Waals surface area contributed by atoms with Crippen molar-refractivity contribution in [3.63, 3.8) is 0 Å². The van der Waals surface area contributed by atoms with Crippen molar-refractivity contribution < 1.29 is 9.53 Å². The summed E-state index contributed by atoms with van der Waals surface area (Å²) in [5, 5.41) is 5.70. The van der Waals surface area contributed by atoms with E-state index in [9.17, 15) is 4.79 Å². The third-order valence-electron chi connectivity index (χ3n) is 6.15. The lowest BCUT2D eigenvalue weighted by Crippen LogP contribution is -2.36. The van der Waals surface area contributed by atoms with E-state index in [0.717, 1.165) is 53.8 Å². The predicted molar refractivity (Wildman–Crippen MR) is 131 cm³/mol. The predicted octanol–water partition coefficient (Wildman–Crippen LogP) is 4.61. The van der Waals surface area contributed by atoms with Crippen molar-refractivity contribution in [3.8, 4) is 22.8 Å². The number of nitrogens with zero attached hydrogens (tertiary/aromatic N) is 5. The molecule has 0 spiro atoms. The van der Waals surface area contributed by atoms with Gasteiger partial charge in [0.2, 0.25) is 0 Å². The average Bonchev–Trinajstić information content (AvgIpc) is 3.27. The summed E-state index contributed by atoms with van der Waals surface area (Å²) in [6, 6.07) is 17.5. The number of para-hydroxylation sites is 1. The zero-order valence-corrected chi connectivity index (χ0v) is 19.0. The van der Waals surface area contributed by atoms with Gasteiger partial charge in [-0.1, -0.05) is 24.3 Å². The quantitative estimate of drug-likeness (QED) is 0.335. The van der Waals surface area contributed by atoms with Crippen molar-refractivity contribution in [1.82, 2.24) is 24.6 Å². The maximum Gasteiger partial charge on any atom is 0.165 e. The summed E-state index contributed by atoms with van der Waals surface area (Å²) < 4.78 is 7.87. The molecular formula is C26H26N6O2. The number of hydrogen-bond donors (Lipinski definition) is 1. The number of anilines is 1. The molecule has 1 atom stereocenters. The summed E-state index contributed by atoms with van der Waals surface area (Å²) in [7, 11) is 0. The number of aldehydes is 1. The van der Waals surface area contributed by atoms with Gasteiger partial charge in [0.05, 0.1) is 17.1 Å². The molecule has 2 N–H and O–H groups in total. The molecule has 1 aliphatic rings. The molecule has 0 amide bonds. The lowest BCUT2D eigenvalue weighted by molar-refractivity contribution is -0.106. The monoisotopic (exact) mass is 454 g/mol. The van der Waals surface area contributed by atoms with Crippen molar-refractivity contribution in [2.24, 2.45) is 0 Å². The number of rotatable bonds is 6. The summed E-state index contributed by atoms with van der Waals surface area (Å²) in [5.74, 6) is 1.91. The van der Waals surface area contributed by atoms with Gasteiger partial charge < -0.3 is 15.4 Å². The first-order chi connectivity index (χ1) is 16.7. The average molecular weight is 455 g/mol. The largest absolute Gasteiger partial charge is 0.457 e. The van der Waals surface area contributed by atoms with Crippen LogP contribution in [0.15, 0.2) is 72.7 Å². The van der Waals surface area contributed by atoms with E-state index in [2.05, 4.69) is 14.9 Å². The maximum absolute atomic E-state index is 11.5. The lowest BCUT2D eigenvalue weighted by Gasteiger charge is -2.34. The highest BCUT2D eigenvalue weighted by Crippen LogP contribution is 2.35. The fraction of sp³-hybridized carbons (Fsp3) is 0.231. The Morgan fingerprint density at radius 2 is 1.85 bits per heavy atom. The highest BCUT2D eigenvalue weighted by molar-refractivity contribution is 5.98. The van der Waals surface area contributed by atoms with Gasteiger partial charge in [-0.05, 0) is 56.2 Å². The number of nitrogen functional groups attached to an aromatic ring is 1. The van der Waals surface area contributed by atoms with Gasteiger partial charge in [-0.25, -0.2) is 14.6 Å². The Hall–Kier alpha value is -4.20. The Balaban J connectivity index is 1.50. The second kappa shape index (κ2) is 9.35. The van der Waals surface area contributed by atoms with Gasteiger partial charge in [0.15, 0.2) is 11.9 Å². The molecule has 3 heterocycles. The number of likely N-dealkylation sites (tertiary alicyclic amines) is 1. The number of nitrogens with two attached hydrogens (primary N) is 1. The number of fused-ring (bicyclic) bond motifs is 1. The molecule has 0 radical (unpaired) electrons. The molecule has 2 aromatic heterocycles.